The second kappa shape index (κ2) is 13.1. The van der Waals surface area contributed by atoms with E-state index in [2.05, 4.69) is 30.5 Å². The summed E-state index contributed by atoms with van der Waals surface area (Å²) >= 11 is 0. The van der Waals surface area contributed by atoms with Gasteiger partial charge in [0.15, 0.2) is 0 Å². The maximum atomic E-state index is 15.3. The number of aryl methyl sites for hydroxylation is 1. The second-order valence-electron chi connectivity index (χ2n) is 10.9. The Balaban J connectivity index is 1.47. The zero-order valence-corrected chi connectivity index (χ0v) is 25.2. The van der Waals surface area contributed by atoms with Crippen LogP contribution in [-0.4, -0.2) is 66.0 Å². The van der Waals surface area contributed by atoms with Gasteiger partial charge in [0.1, 0.15) is 11.6 Å². The average molecular weight is 624 g/mol. The van der Waals surface area contributed by atoms with Crippen LogP contribution >= 0.6 is 0 Å². The van der Waals surface area contributed by atoms with Gasteiger partial charge in [0, 0.05) is 32.5 Å². The minimum Gasteiger partial charge on any atom is -0.438 e. The molecule has 236 valence electrons. The molecule has 9 nitrogen and oxygen atoms in total. The number of alkyl halides is 3. The van der Waals surface area contributed by atoms with Crippen molar-refractivity contribution in [3.63, 3.8) is 0 Å². The van der Waals surface area contributed by atoms with Crippen LogP contribution in [0.15, 0.2) is 60.9 Å². The van der Waals surface area contributed by atoms with Crippen LogP contribution in [0.1, 0.15) is 34.3 Å². The van der Waals surface area contributed by atoms with Crippen LogP contribution in [0.2, 0.25) is 0 Å². The first-order valence-corrected chi connectivity index (χ1v) is 14.3. The fraction of sp³-hybridized carbons (Fsp3) is 0.312. The van der Waals surface area contributed by atoms with Crippen molar-refractivity contribution in [1.29, 1.82) is 0 Å². The lowest BCUT2D eigenvalue weighted by molar-refractivity contribution is -0.137. The molecule has 0 radical (unpaired) electrons. The van der Waals surface area contributed by atoms with Crippen LogP contribution in [-0.2, 0) is 6.18 Å². The number of nitrogens with zero attached hydrogens (tertiary/aromatic N) is 5. The van der Waals surface area contributed by atoms with E-state index in [-0.39, 0.29) is 23.4 Å². The number of aromatic nitrogens is 3. The fourth-order valence-corrected chi connectivity index (χ4v) is 5.23. The Morgan fingerprint density at radius 1 is 1.07 bits per heavy atom. The molecule has 0 unspecified atom stereocenters. The molecular formula is C32H33F4N7O2. The molecule has 0 aliphatic carbocycles. The van der Waals surface area contributed by atoms with E-state index in [1.807, 2.05) is 11.9 Å². The molecule has 1 amide bonds. The zero-order valence-electron chi connectivity index (χ0n) is 25.2. The third-order valence-electron chi connectivity index (χ3n) is 7.83. The quantitative estimate of drug-likeness (QED) is 0.212. The summed E-state index contributed by atoms with van der Waals surface area (Å²) < 4.78 is 62.4. The van der Waals surface area contributed by atoms with Gasteiger partial charge in [-0.3, -0.25) is 4.79 Å². The molecule has 2 N–H and O–H groups in total. The molecule has 4 aromatic rings. The number of hydrogen-bond acceptors (Lipinski definition) is 8. The number of nitrogens with one attached hydrogen (secondary N) is 2. The van der Waals surface area contributed by atoms with Gasteiger partial charge in [-0.15, -0.1) is 0 Å². The summed E-state index contributed by atoms with van der Waals surface area (Å²) in [5.41, 5.74) is 0.408. The van der Waals surface area contributed by atoms with Crippen molar-refractivity contribution in [2.75, 3.05) is 49.8 Å². The van der Waals surface area contributed by atoms with Crippen LogP contribution in [0, 0.1) is 12.7 Å². The van der Waals surface area contributed by atoms with E-state index in [1.54, 1.807) is 45.4 Å². The highest BCUT2D eigenvalue weighted by atomic mass is 19.4. The average Bonchev–Trinajstić information content (AvgIpc) is 3.02. The minimum atomic E-state index is -4.64. The summed E-state index contributed by atoms with van der Waals surface area (Å²) in [7, 11) is 5.48. The second-order valence-corrected chi connectivity index (χ2v) is 10.9. The monoisotopic (exact) mass is 623 g/mol. The Kier molecular flexibility index (Phi) is 9.19. The number of carbonyl (C=O) groups excluding carboxylic acids is 1. The van der Waals surface area contributed by atoms with Gasteiger partial charge in [0.2, 0.25) is 11.8 Å². The van der Waals surface area contributed by atoms with E-state index in [0.29, 0.717) is 28.5 Å². The van der Waals surface area contributed by atoms with Crippen LogP contribution < -0.4 is 20.3 Å². The van der Waals surface area contributed by atoms with Gasteiger partial charge in [-0.2, -0.15) is 13.2 Å². The lowest BCUT2D eigenvalue weighted by atomic mass is 10.0. The van der Waals surface area contributed by atoms with Gasteiger partial charge < -0.3 is 25.2 Å². The van der Waals surface area contributed by atoms with Crippen molar-refractivity contribution in [3.8, 4) is 22.9 Å². The largest absolute Gasteiger partial charge is 0.438 e. The lowest BCUT2D eigenvalue weighted by Crippen LogP contribution is -2.42. The van der Waals surface area contributed by atoms with Crippen molar-refractivity contribution in [3.05, 3.63) is 83.4 Å². The number of pyridine rings is 1. The molecule has 0 spiro atoms. The number of halogens is 4. The molecule has 2 aromatic carbocycles. The first kappa shape index (κ1) is 31.6. The van der Waals surface area contributed by atoms with Crippen LogP contribution in [0.4, 0.5) is 34.9 Å². The SMILES string of the molecule is CNc1nccc(-c2cccnc2Oc2cc(C(=O)Nc3cc(C(F)(F)F)ccc3N(C)C3CCN(C)CC3)c(F)cc2C)n1. The maximum Gasteiger partial charge on any atom is 0.416 e. The van der Waals surface area contributed by atoms with Crippen LogP contribution in [0.25, 0.3) is 11.3 Å². The smallest absolute Gasteiger partial charge is 0.416 e. The molecule has 1 saturated heterocycles. The van der Waals surface area contributed by atoms with E-state index in [0.717, 1.165) is 44.1 Å². The molecule has 13 heteroatoms. The first-order chi connectivity index (χ1) is 21.4. The first-order valence-electron chi connectivity index (χ1n) is 14.3. The summed E-state index contributed by atoms with van der Waals surface area (Å²) in [6.07, 6.45) is 0.0491. The lowest BCUT2D eigenvalue weighted by Gasteiger charge is -2.37. The number of piperidine rings is 1. The number of amides is 1. The summed E-state index contributed by atoms with van der Waals surface area (Å²) in [4.78, 5) is 30.4. The molecule has 5 rings (SSSR count). The summed E-state index contributed by atoms with van der Waals surface area (Å²) in [6, 6.07) is 10.7. The molecule has 1 aliphatic heterocycles. The third kappa shape index (κ3) is 7.14. The van der Waals surface area contributed by atoms with Gasteiger partial charge in [-0.05, 0) is 94.0 Å². The van der Waals surface area contributed by atoms with E-state index < -0.39 is 29.0 Å². The highest BCUT2D eigenvalue weighted by Gasteiger charge is 2.32. The Morgan fingerprint density at radius 2 is 1.82 bits per heavy atom. The molecule has 45 heavy (non-hydrogen) atoms. The number of likely N-dealkylation sites (tertiary alicyclic amines) is 1. The van der Waals surface area contributed by atoms with Crippen molar-refractivity contribution in [1.82, 2.24) is 19.9 Å². The van der Waals surface area contributed by atoms with E-state index in [9.17, 15) is 18.0 Å². The molecule has 0 saturated carbocycles. The Morgan fingerprint density at radius 3 is 2.53 bits per heavy atom. The summed E-state index contributed by atoms with van der Waals surface area (Å²) in [6.45, 7) is 3.27. The Bertz CT molecular complexity index is 1690. The van der Waals surface area contributed by atoms with Crippen LogP contribution in [0.3, 0.4) is 0 Å². The normalized spacial score (nSPS) is 14.2. The maximum absolute atomic E-state index is 15.3. The van der Waals surface area contributed by atoms with E-state index in [1.165, 1.54) is 18.3 Å². The topological polar surface area (TPSA) is 95.5 Å². The van der Waals surface area contributed by atoms with Gasteiger partial charge in [-0.25, -0.2) is 19.3 Å². The number of anilines is 3. The number of rotatable bonds is 8. The Labute approximate surface area is 258 Å². The number of carbonyl (C=O) groups is 1. The molecule has 0 atom stereocenters. The van der Waals surface area contributed by atoms with Gasteiger partial charge in [-0.1, -0.05) is 0 Å². The van der Waals surface area contributed by atoms with Gasteiger partial charge in [0.05, 0.1) is 33.8 Å². The fourth-order valence-electron chi connectivity index (χ4n) is 5.23. The predicted octanol–water partition coefficient (Wildman–Crippen LogP) is 6.62. The van der Waals surface area contributed by atoms with E-state index in [4.69, 9.17) is 4.74 Å². The predicted molar refractivity (Wildman–Crippen MR) is 164 cm³/mol. The highest BCUT2D eigenvalue weighted by molar-refractivity contribution is 6.06. The Hall–Kier alpha value is -4.78. The number of benzene rings is 2. The van der Waals surface area contributed by atoms with Crippen LogP contribution in [0.5, 0.6) is 11.6 Å². The summed E-state index contributed by atoms with van der Waals surface area (Å²) in [5, 5.41) is 5.41. The molecule has 1 fully saturated rings. The molecular weight excluding hydrogens is 590 g/mol. The molecule has 1 aliphatic rings. The van der Waals surface area contributed by atoms with Gasteiger partial charge >= 0.3 is 6.18 Å². The van der Waals surface area contributed by atoms with Gasteiger partial charge in [0.25, 0.3) is 5.91 Å². The van der Waals surface area contributed by atoms with E-state index >= 15 is 4.39 Å². The number of hydrogen-bond donors (Lipinski definition) is 2. The van der Waals surface area contributed by atoms with Crippen molar-refractivity contribution in [2.45, 2.75) is 32.0 Å². The van der Waals surface area contributed by atoms with Crippen molar-refractivity contribution in [2.24, 2.45) is 0 Å². The number of ether oxygens (including phenoxy) is 1. The highest BCUT2D eigenvalue weighted by Crippen LogP contribution is 2.38. The standard InChI is InChI=1S/C32H33F4N7O2/c1-19-16-24(33)23(18-28(19)45-30-22(6-5-12-38-30)25-9-13-39-31(37-2)41-25)29(44)40-26-17-20(32(34,35)36)7-8-27(26)43(4)21-10-14-42(3)15-11-21/h5-9,12-13,16-18,21H,10-11,14-15H2,1-4H3,(H,40,44)(H,37,39,41). The van der Waals surface area contributed by atoms with Crippen molar-refractivity contribution >= 4 is 23.2 Å². The zero-order chi connectivity index (χ0) is 32.3. The van der Waals surface area contributed by atoms with Crippen molar-refractivity contribution < 1.29 is 27.1 Å². The third-order valence-corrected chi connectivity index (χ3v) is 7.83. The molecule has 2 aromatic heterocycles. The summed E-state index contributed by atoms with van der Waals surface area (Å²) in [5.74, 6) is -1.11. The molecule has 0 bridgehead atoms. The molecule has 3 heterocycles. The minimum absolute atomic E-state index is 0.0522.